The lowest BCUT2D eigenvalue weighted by molar-refractivity contribution is -0.134. The molecule has 0 unspecified atom stereocenters. The fourth-order valence-corrected chi connectivity index (χ4v) is 3.65. The highest BCUT2D eigenvalue weighted by molar-refractivity contribution is 6.30. The summed E-state index contributed by atoms with van der Waals surface area (Å²) < 4.78 is 13.0. The minimum Gasteiger partial charge on any atom is -0.340 e. The molecule has 7 heteroatoms. The summed E-state index contributed by atoms with van der Waals surface area (Å²) in [5.41, 5.74) is 1.93. The van der Waals surface area contributed by atoms with Crippen molar-refractivity contribution >= 4 is 23.5 Å². The second-order valence-electron chi connectivity index (χ2n) is 7.28. The zero-order chi connectivity index (χ0) is 20.8. The number of carbonyl (C=O) groups is 2. The average Bonchev–Trinajstić information content (AvgIpc) is 3.20. The van der Waals surface area contributed by atoms with Crippen molar-refractivity contribution in [3.63, 3.8) is 0 Å². The van der Waals surface area contributed by atoms with E-state index < -0.39 is 6.04 Å². The SMILES string of the molecule is CN(Cc1ccc(Cl)cc1)C(=O)[C@H]1CCCN1C(=O)NCCc1ccc(F)cc1. The number of halogens is 2. The van der Waals surface area contributed by atoms with Gasteiger partial charge in [-0.15, -0.1) is 0 Å². The quantitative estimate of drug-likeness (QED) is 0.776. The van der Waals surface area contributed by atoms with E-state index in [-0.39, 0.29) is 17.8 Å². The molecule has 1 saturated heterocycles. The number of amides is 3. The molecule has 29 heavy (non-hydrogen) atoms. The van der Waals surface area contributed by atoms with Crippen molar-refractivity contribution in [3.05, 3.63) is 70.5 Å². The number of rotatable bonds is 6. The van der Waals surface area contributed by atoms with E-state index in [9.17, 15) is 14.0 Å². The maximum absolute atomic E-state index is 13.0. The van der Waals surface area contributed by atoms with Crippen LogP contribution in [0.5, 0.6) is 0 Å². The Labute approximate surface area is 175 Å². The smallest absolute Gasteiger partial charge is 0.318 e. The van der Waals surface area contributed by atoms with Crippen molar-refractivity contribution in [1.82, 2.24) is 15.1 Å². The first kappa shape index (κ1) is 21.1. The molecule has 1 aliphatic rings. The van der Waals surface area contributed by atoms with Gasteiger partial charge in [0.05, 0.1) is 0 Å². The van der Waals surface area contributed by atoms with Gasteiger partial charge in [0.1, 0.15) is 11.9 Å². The van der Waals surface area contributed by atoms with E-state index in [4.69, 9.17) is 11.6 Å². The first-order valence-electron chi connectivity index (χ1n) is 9.72. The lowest BCUT2D eigenvalue weighted by atomic mass is 10.1. The Morgan fingerprint density at radius 3 is 2.48 bits per heavy atom. The summed E-state index contributed by atoms with van der Waals surface area (Å²) in [6.45, 7) is 1.46. The van der Waals surface area contributed by atoms with Crippen molar-refractivity contribution in [2.45, 2.75) is 31.8 Å². The Kier molecular flexibility index (Phi) is 7.09. The average molecular weight is 418 g/mol. The number of likely N-dealkylation sites (N-methyl/N-ethyl adjacent to an activating group) is 1. The summed E-state index contributed by atoms with van der Waals surface area (Å²) in [4.78, 5) is 28.8. The number of nitrogens with one attached hydrogen (secondary N) is 1. The molecular formula is C22H25ClFN3O2. The van der Waals surface area contributed by atoms with Crippen LogP contribution in [0.15, 0.2) is 48.5 Å². The molecule has 0 aliphatic carbocycles. The van der Waals surface area contributed by atoms with Crippen LogP contribution in [0.2, 0.25) is 5.02 Å². The number of carbonyl (C=O) groups excluding carboxylic acids is 2. The number of benzene rings is 2. The van der Waals surface area contributed by atoms with Gasteiger partial charge < -0.3 is 15.1 Å². The largest absolute Gasteiger partial charge is 0.340 e. The van der Waals surface area contributed by atoms with Gasteiger partial charge in [-0.2, -0.15) is 0 Å². The number of urea groups is 1. The van der Waals surface area contributed by atoms with E-state index in [1.165, 1.54) is 12.1 Å². The van der Waals surface area contributed by atoms with Crippen LogP contribution in [0.3, 0.4) is 0 Å². The summed E-state index contributed by atoms with van der Waals surface area (Å²) in [7, 11) is 1.75. The van der Waals surface area contributed by atoms with Crippen LogP contribution in [0.1, 0.15) is 24.0 Å². The molecule has 3 amide bonds. The fourth-order valence-electron chi connectivity index (χ4n) is 3.53. The Balaban J connectivity index is 1.52. The molecule has 1 heterocycles. The predicted octanol–water partition coefficient (Wildman–Crippen LogP) is 3.85. The van der Waals surface area contributed by atoms with Crippen molar-refractivity contribution < 1.29 is 14.0 Å². The van der Waals surface area contributed by atoms with Crippen molar-refractivity contribution in [3.8, 4) is 0 Å². The van der Waals surface area contributed by atoms with Crippen LogP contribution >= 0.6 is 11.6 Å². The summed E-state index contributed by atoms with van der Waals surface area (Å²) in [6.07, 6.45) is 2.07. The van der Waals surface area contributed by atoms with E-state index in [0.29, 0.717) is 37.5 Å². The van der Waals surface area contributed by atoms with Gasteiger partial charge in [0.15, 0.2) is 0 Å². The minimum atomic E-state index is -0.446. The third kappa shape index (κ3) is 5.70. The van der Waals surface area contributed by atoms with Crippen LogP contribution in [0.25, 0.3) is 0 Å². The lowest BCUT2D eigenvalue weighted by Crippen LogP contribution is -2.50. The van der Waals surface area contributed by atoms with E-state index >= 15 is 0 Å². The summed E-state index contributed by atoms with van der Waals surface area (Å²) >= 11 is 5.91. The Hall–Kier alpha value is -2.60. The molecule has 1 atom stereocenters. The lowest BCUT2D eigenvalue weighted by Gasteiger charge is -2.28. The first-order valence-corrected chi connectivity index (χ1v) is 10.1. The monoisotopic (exact) mass is 417 g/mol. The normalized spacial score (nSPS) is 16.0. The highest BCUT2D eigenvalue weighted by atomic mass is 35.5. The third-order valence-electron chi connectivity index (χ3n) is 5.11. The van der Waals surface area contributed by atoms with E-state index in [1.807, 2.05) is 12.1 Å². The van der Waals surface area contributed by atoms with Gasteiger partial charge >= 0.3 is 6.03 Å². The first-order chi connectivity index (χ1) is 13.9. The third-order valence-corrected chi connectivity index (χ3v) is 5.36. The van der Waals surface area contributed by atoms with Crippen LogP contribution in [0.4, 0.5) is 9.18 Å². The molecule has 0 aromatic heterocycles. The van der Waals surface area contributed by atoms with Crippen LogP contribution in [-0.2, 0) is 17.8 Å². The van der Waals surface area contributed by atoms with Gasteiger partial charge in [0, 0.05) is 31.7 Å². The van der Waals surface area contributed by atoms with Gasteiger partial charge in [0.25, 0.3) is 0 Å². The topological polar surface area (TPSA) is 52.7 Å². The molecule has 1 N–H and O–H groups in total. The molecule has 0 radical (unpaired) electrons. The molecule has 2 aromatic carbocycles. The molecule has 2 aromatic rings. The predicted molar refractivity (Wildman–Crippen MR) is 111 cm³/mol. The summed E-state index contributed by atoms with van der Waals surface area (Å²) in [6, 6.07) is 12.9. The Bertz CT molecular complexity index is 842. The van der Waals surface area contributed by atoms with Gasteiger partial charge in [-0.25, -0.2) is 9.18 Å². The maximum atomic E-state index is 13.0. The van der Waals surface area contributed by atoms with Gasteiger partial charge in [-0.1, -0.05) is 35.9 Å². The molecule has 0 saturated carbocycles. The van der Waals surface area contributed by atoms with Crippen LogP contribution in [-0.4, -0.2) is 47.9 Å². The van der Waals surface area contributed by atoms with Crippen molar-refractivity contribution in [2.75, 3.05) is 20.1 Å². The summed E-state index contributed by atoms with van der Waals surface area (Å²) in [5.74, 6) is -0.343. The number of likely N-dealkylation sites (tertiary alicyclic amines) is 1. The molecule has 5 nitrogen and oxygen atoms in total. The molecule has 0 spiro atoms. The van der Waals surface area contributed by atoms with Gasteiger partial charge in [-0.05, 0) is 54.7 Å². The summed E-state index contributed by atoms with van der Waals surface area (Å²) in [5, 5.41) is 3.53. The van der Waals surface area contributed by atoms with Crippen molar-refractivity contribution in [1.29, 1.82) is 0 Å². The zero-order valence-electron chi connectivity index (χ0n) is 16.4. The number of hydrogen-bond donors (Lipinski definition) is 1. The molecular weight excluding hydrogens is 393 g/mol. The van der Waals surface area contributed by atoms with Crippen LogP contribution < -0.4 is 5.32 Å². The van der Waals surface area contributed by atoms with E-state index in [2.05, 4.69) is 5.32 Å². The molecule has 154 valence electrons. The van der Waals surface area contributed by atoms with E-state index in [0.717, 1.165) is 17.5 Å². The molecule has 1 fully saturated rings. The fraction of sp³-hybridized carbons (Fsp3) is 0.364. The second kappa shape index (κ2) is 9.74. The van der Waals surface area contributed by atoms with E-state index in [1.54, 1.807) is 41.1 Å². The van der Waals surface area contributed by atoms with Gasteiger partial charge in [0.2, 0.25) is 5.91 Å². The Morgan fingerprint density at radius 2 is 1.79 bits per heavy atom. The molecule has 1 aliphatic heterocycles. The number of hydrogen-bond acceptors (Lipinski definition) is 2. The zero-order valence-corrected chi connectivity index (χ0v) is 17.2. The standard InChI is InChI=1S/C22H25ClFN3O2/c1-26(15-17-4-8-18(23)9-5-17)21(28)20-3-2-14-27(20)22(29)25-13-12-16-6-10-19(24)11-7-16/h4-11,20H,2-3,12-15H2,1H3,(H,25,29)/t20-/m1/s1. The highest BCUT2D eigenvalue weighted by Gasteiger charge is 2.35. The van der Waals surface area contributed by atoms with Crippen molar-refractivity contribution in [2.24, 2.45) is 0 Å². The molecule has 0 bridgehead atoms. The highest BCUT2D eigenvalue weighted by Crippen LogP contribution is 2.20. The maximum Gasteiger partial charge on any atom is 0.318 e. The number of nitrogens with zero attached hydrogens (tertiary/aromatic N) is 2. The minimum absolute atomic E-state index is 0.0638. The Morgan fingerprint density at radius 1 is 1.14 bits per heavy atom. The molecule has 3 rings (SSSR count). The van der Waals surface area contributed by atoms with Gasteiger partial charge in [-0.3, -0.25) is 4.79 Å². The van der Waals surface area contributed by atoms with Crippen LogP contribution in [0, 0.1) is 5.82 Å². The second-order valence-corrected chi connectivity index (χ2v) is 7.72.